The monoisotopic (exact) mass is 271 g/mol. The highest BCUT2D eigenvalue weighted by molar-refractivity contribution is 5.29. The number of aryl methyl sites for hydroxylation is 1. The third-order valence-corrected chi connectivity index (χ3v) is 4.01. The van der Waals surface area contributed by atoms with Crippen molar-refractivity contribution in [1.82, 2.24) is 14.9 Å². The lowest BCUT2D eigenvalue weighted by Gasteiger charge is -2.27. The van der Waals surface area contributed by atoms with Crippen molar-refractivity contribution in [2.45, 2.75) is 26.0 Å². The molecular weight excluding hydrogens is 250 g/mol. The minimum atomic E-state index is 0.0951. The summed E-state index contributed by atoms with van der Waals surface area (Å²) in [7, 11) is 0. The van der Waals surface area contributed by atoms with E-state index < -0.39 is 0 Å². The lowest BCUT2D eigenvalue weighted by atomic mass is 10.0. The van der Waals surface area contributed by atoms with Gasteiger partial charge in [0.1, 0.15) is 6.10 Å². The normalized spacial score (nSPS) is 20.8. The van der Waals surface area contributed by atoms with E-state index in [-0.39, 0.29) is 12.1 Å². The predicted octanol–water partition coefficient (Wildman–Crippen LogP) is 2.46. The Bertz CT molecular complexity index is 573. The zero-order valence-electron chi connectivity index (χ0n) is 12.0. The molecule has 0 radical (unpaired) electrons. The summed E-state index contributed by atoms with van der Waals surface area (Å²) in [6.07, 6.45) is 3.93. The molecule has 106 valence electrons. The number of hydrogen-bond acceptors (Lipinski definition) is 3. The Morgan fingerprint density at radius 2 is 2.25 bits per heavy atom. The fourth-order valence-corrected chi connectivity index (χ4v) is 2.85. The smallest absolute Gasteiger partial charge is 0.111 e. The Morgan fingerprint density at radius 1 is 1.40 bits per heavy atom. The maximum absolute atomic E-state index is 5.86. The fourth-order valence-electron chi connectivity index (χ4n) is 2.85. The maximum atomic E-state index is 5.86. The number of morpholine rings is 1. The second-order valence-corrected chi connectivity index (χ2v) is 5.32. The van der Waals surface area contributed by atoms with Gasteiger partial charge >= 0.3 is 0 Å². The van der Waals surface area contributed by atoms with E-state index in [1.165, 1.54) is 11.1 Å². The second kappa shape index (κ2) is 5.77. The molecule has 0 spiro atoms. The third kappa shape index (κ3) is 2.49. The van der Waals surface area contributed by atoms with Crippen LogP contribution >= 0.6 is 0 Å². The molecule has 2 aromatic rings. The molecule has 1 aromatic carbocycles. The van der Waals surface area contributed by atoms with Crippen LogP contribution in [0.25, 0.3) is 0 Å². The summed E-state index contributed by atoms with van der Waals surface area (Å²) in [5, 5.41) is 3.37. The van der Waals surface area contributed by atoms with Crippen LogP contribution in [-0.2, 0) is 4.74 Å². The van der Waals surface area contributed by atoms with Gasteiger partial charge in [-0.3, -0.25) is 0 Å². The highest BCUT2D eigenvalue weighted by atomic mass is 16.5. The molecule has 2 unspecified atom stereocenters. The molecule has 0 amide bonds. The molecule has 2 atom stereocenters. The lowest BCUT2D eigenvalue weighted by Crippen LogP contribution is -2.34. The van der Waals surface area contributed by atoms with E-state index in [0.29, 0.717) is 0 Å². The van der Waals surface area contributed by atoms with Crippen LogP contribution in [0.3, 0.4) is 0 Å². The van der Waals surface area contributed by atoms with Gasteiger partial charge in [0.05, 0.1) is 30.9 Å². The first-order valence-corrected chi connectivity index (χ1v) is 7.17. The van der Waals surface area contributed by atoms with E-state index in [9.17, 15) is 0 Å². The number of benzene rings is 1. The number of rotatable bonds is 3. The summed E-state index contributed by atoms with van der Waals surface area (Å²) in [6.45, 7) is 6.91. The largest absolute Gasteiger partial charge is 0.369 e. The third-order valence-electron chi connectivity index (χ3n) is 4.01. The molecule has 20 heavy (non-hydrogen) atoms. The molecule has 4 heteroatoms. The average Bonchev–Trinajstić information content (AvgIpc) is 2.97. The van der Waals surface area contributed by atoms with Gasteiger partial charge in [-0.05, 0) is 25.0 Å². The number of hydrogen-bond donors (Lipinski definition) is 1. The molecule has 2 heterocycles. The average molecular weight is 271 g/mol. The van der Waals surface area contributed by atoms with Crippen molar-refractivity contribution in [3.05, 3.63) is 53.6 Å². The van der Waals surface area contributed by atoms with Crippen molar-refractivity contribution in [1.29, 1.82) is 0 Å². The van der Waals surface area contributed by atoms with Crippen LogP contribution in [0.4, 0.5) is 0 Å². The standard InChI is InChI=1S/C16H21N3O/c1-12-5-3-4-6-14(12)13(2)19-11-18-9-15(19)16-10-17-7-8-20-16/h3-6,9,11,13,16-17H,7-8,10H2,1-2H3. The number of imidazole rings is 1. The quantitative estimate of drug-likeness (QED) is 0.932. The Kier molecular flexibility index (Phi) is 3.85. The highest BCUT2D eigenvalue weighted by Gasteiger charge is 2.22. The predicted molar refractivity (Wildman–Crippen MR) is 78.8 cm³/mol. The first kappa shape index (κ1) is 13.3. The number of nitrogens with zero attached hydrogens (tertiary/aromatic N) is 2. The van der Waals surface area contributed by atoms with Crippen LogP contribution < -0.4 is 5.32 Å². The minimum absolute atomic E-state index is 0.0951. The zero-order valence-corrected chi connectivity index (χ0v) is 12.0. The molecule has 0 aliphatic carbocycles. The van der Waals surface area contributed by atoms with Crippen LogP contribution in [0.2, 0.25) is 0 Å². The first-order valence-electron chi connectivity index (χ1n) is 7.17. The summed E-state index contributed by atoms with van der Waals surface area (Å²) in [4.78, 5) is 4.33. The van der Waals surface area contributed by atoms with Gasteiger partial charge in [-0.1, -0.05) is 24.3 Å². The SMILES string of the molecule is Cc1ccccc1C(C)n1cncc1C1CNCCO1. The maximum Gasteiger partial charge on any atom is 0.111 e. The second-order valence-electron chi connectivity index (χ2n) is 5.32. The van der Waals surface area contributed by atoms with E-state index in [0.717, 1.165) is 25.4 Å². The van der Waals surface area contributed by atoms with Crippen molar-refractivity contribution < 1.29 is 4.74 Å². The summed E-state index contributed by atoms with van der Waals surface area (Å²) in [5.74, 6) is 0. The van der Waals surface area contributed by atoms with Crippen molar-refractivity contribution in [3.63, 3.8) is 0 Å². The molecule has 1 aliphatic rings. The zero-order chi connectivity index (χ0) is 13.9. The fraction of sp³-hybridized carbons (Fsp3) is 0.438. The number of aromatic nitrogens is 2. The van der Waals surface area contributed by atoms with Gasteiger partial charge in [-0.2, -0.15) is 0 Å². The molecule has 3 rings (SSSR count). The Balaban J connectivity index is 1.91. The minimum Gasteiger partial charge on any atom is -0.369 e. The summed E-state index contributed by atoms with van der Waals surface area (Å²) >= 11 is 0. The van der Waals surface area contributed by atoms with Crippen molar-refractivity contribution in [2.24, 2.45) is 0 Å². The van der Waals surface area contributed by atoms with Gasteiger partial charge in [-0.25, -0.2) is 4.98 Å². The Hall–Kier alpha value is -1.65. The van der Waals surface area contributed by atoms with Gasteiger partial charge in [-0.15, -0.1) is 0 Å². The Morgan fingerprint density at radius 3 is 3.00 bits per heavy atom. The van der Waals surface area contributed by atoms with E-state index in [4.69, 9.17) is 4.74 Å². The van der Waals surface area contributed by atoms with Crippen LogP contribution in [0.15, 0.2) is 36.8 Å². The van der Waals surface area contributed by atoms with Crippen molar-refractivity contribution in [2.75, 3.05) is 19.7 Å². The van der Waals surface area contributed by atoms with Crippen LogP contribution in [0, 0.1) is 6.92 Å². The number of ether oxygens (including phenoxy) is 1. The summed E-state index contributed by atoms with van der Waals surface area (Å²) in [5.41, 5.74) is 3.78. The molecular formula is C16H21N3O. The van der Waals surface area contributed by atoms with Gasteiger partial charge in [0.2, 0.25) is 0 Å². The number of nitrogens with one attached hydrogen (secondary N) is 1. The van der Waals surface area contributed by atoms with Gasteiger partial charge in [0, 0.05) is 13.1 Å². The molecule has 0 saturated carbocycles. The van der Waals surface area contributed by atoms with Crippen LogP contribution in [-0.4, -0.2) is 29.2 Å². The summed E-state index contributed by atoms with van der Waals surface area (Å²) < 4.78 is 8.08. The van der Waals surface area contributed by atoms with Gasteiger partial charge in [0.25, 0.3) is 0 Å². The molecule has 1 N–H and O–H groups in total. The highest BCUT2D eigenvalue weighted by Crippen LogP contribution is 2.27. The van der Waals surface area contributed by atoms with Gasteiger partial charge < -0.3 is 14.6 Å². The molecule has 1 saturated heterocycles. The first-order chi connectivity index (χ1) is 9.77. The molecule has 4 nitrogen and oxygen atoms in total. The molecule has 1 fully saturated rings. The molecule has 1 aromatic heterocycles. The molecule has 0 bridgehead atoms. The van der Waals surface area contributed by atoms with Crippen LogP contribution in [0.1, 0.15) is 35.9 Å². The van der Waals surface area contributed by atoms with E-state index in [2.05, 4.69) is 53.0 Å². The lowest BCUT2D eigenvalue weighted by molar-refractivity contribution is 0.0224. The van der Waals surface area contributed by atoms with Crippen molar-refractivity contribution >= 4 is 0 Å². The van der Waals surface area contributed by atoms with Gasteiger partial charge in [0.15, 0.2) is 0 Å². The van der Waals surface area contributed by atoms with E-state index in [1.807, 2.05) is 12.5 Å². The van der Waals surface area contributed by atoms with E-state index >= 15 is 0 Å². The van der Waals surface area contributed by atoms with E-state index in [1.54, 1.807) is 0 Å². The summed E-state index contributed by atoms with van der Waals surface area (Å²) in [6, 6.07) is 8.77. The van der Waals surface area contributed by atoms with Crippen LogP contribution in [0.5, 0.6) is 0 Å². The van der Waals surface area contributed by atoms with Crippen molar-refractivity contribution in [3.8, 4) is 0 Å². The molecule has 1 aliphatic heterocycles. The topological polar surface area (TPSA) is 39.1 Å². The Labute approximate surface area is 119 Å².